The van der Waals surface area contributed by atoms with E-state index in [0.717, 1.165) is 17.7 Å². The lowest BCUT2D eigenvalue weighted by Crippen LogP contribution is -2.36. The molecule has 1 aliphatic rings. The van der Waals surface area contributed by atoms with Crippen molar-refractivity contribution in [2.75, 3.05) is 5.32 Å². The lowest BCUT2D eigenvalue weighted by atomic mass is 9.74. The number of fused-ring (bicyclic) bond motifs is 1. The highest BCUT2D eigenvalue weighted by Gasteiger charge is 2.45. The smallest absolute Gasteiger partial charge is 0.325 e. The van der Waals surface area contributed by atoms with Crippen LogP contribution in [0.3, 0.4) is 0 Å². The van der Waals surface area contributed by atoms with Crippen LogP contribution >= 0.6 is 0 Å². The molecule has 1 amide bonds. The maximum atomic E-state index is 13.7. The summed E-state index contributed by atoms with van der Waals surface area (Å²) in [6.45, 7) is 1.88. The maximum Gasteiger partial charge on any atom is 0.419 e. The van der Waals surface area contributed by atoms with E-state index in [-0.39, 0.29) is 11.5 Å². The van der Waals surface area contributed by atoms with Crippen molar-refractivity contribution in [3.8, 4) is 11.1 Å². The Kier molecular flexibility index (Phi) is 4.80. The minimum atomic E-state index is -4.80. The molecule has 1 aliphatic heterocycles. The van der Waals surface area contributed by atoms with E-state index >= 15 is 0 Å². The van der Waals surface area contributed by atoms with Gasteiger partial charge in [-0.15, -0.1) is 0 Å². The minimum Gasteiger partial charge on any atom is -0.325 e. The van der Waals surface area contributed by atoms with E-state index in [1.54, 1.807) is 30.6 Å². The fourth-order valence-corrected chi connectivity index (χ4v) is 3.94. The van der Waals surface area contributed by atoms with Gasteiger partial charge < -0.3 is 5.32 Å². The molecule has 1 unspecified atom stereocenters. The number of benzene rings is 2. The number of hydrogen-bond acceptors (Lipinski definition) is 3. The van der Waals surface area contributed by atoms with Crippen molar-refractivity contribution in [3.63, 3.8) is 0 Å². The third kappa shape index (κ3) is 3.32. The van der Waals surface area contributed by atoms with Crippen molar-refractivity contribution >= 4 is 11.6 Å². The summed E-state index contributed by atoms with van der Waals surface area (Å²) in [6, 6.07) is 7.88. The Morgan fingerprint density at radius 2 is 1.70 bits per heavy atom. The molecule has 8 heteroatoms. The van der Waals surface area contributed by atoms with Crippen LogP contribution in [0, 0.1) is 5.82 Å². The molecule has 0 fully saturated rings. The molecule has 0 aliphatic carbocycles. The zero-order chi connectivity index (χ0) is 21.5. The highest BCUT2D eigenvalue weighted by molar-refractivity contribution is 6.07. The Hall–Kier alpha value is -3.29. The van der Waals surface area contributed by atoms with Crippen molar-refractivity contribution in [2.24, 2.45) is 0 Å². The molecule has 30 heavy (non-hydrogen) atoms. The molecule has 4 rings (SSSR count). The SMILES string of the molecule is CCC1(Cc2cncnc2)C(=O)Nc2ccc(-c3ccc(F)c(C(F)(F)F)c3)cc21. The van der Waals surface area contributed by atoms with Gasteiger partial charge in [0.25, 0.3) is 0 Å². The van der Waals surface area contributed by atoms with E-state index in [1.165, 1.54) is 12.4 Å². The first-order valence-electron chi connectivity index (χ1n) is 9.31. The molecule has 0 saturated carbocycles. The molecular formula is C22H17F4N3O. The number of carbonyl (C=O) groups is 1. The number of rotatable bonds is 4. The number of hydrogen-bond donors (Lipinski definition) is 1. The summed E-state index contributed by atoms with van der Waals surface area (Å²) < 4.78 is 53.1. The van der Waals surface area contributed by atoms with Crippen LogP contribution in [0.15, 0.2) is 55.1 Å². The predicted molar refractivity (Wildman–Crippen MR) is 103 cm³/mol. The highest BCUT2D eigenvalue weighted by atomic mass is 19.4. The highest BCUT2D eigenvalue weighted by Crippen LogP contribution is 2.44. The van der Waals surface area contributed by atoms with Gasteiger partial charge in [-0.3, -0.25) is 4.79 Å². The van der Waals surface area contributed by atoms with Gasteiger partial charge in [0.15, 0.2) is 0 Å². The van der Waals surface area contributed by atoms with Gasteiger partial charge in [0.2, 0.25) is 5.91 Å². The topological polar surface area (TPSA) is 54.9 Å². The summed E-state index contributed by atoms with van der Waals surface area (Å²) in [5, 5.41) is 2.86. The number of carbonyl (C=O) groups excluding carboxylic acids is 1. The molecular weight excluding hydrogens is 398 g/mol. The summed E-state index contributed by atoms with van der Waals surface area (Å²) in [6.07, 6.45) is 0.694. The Morgan fingerprint density at radius 3 is 2.37 bits per heavy atom. The normalized spacial score (nSPS) is 18.2. The summed E-state index contributed by atoms with van der Waals surface area (Å²) in [5.41, 5.74) is 0.543. The first kappa shape index (κ1) is 20.0. The number of halogens is 4. The van der Waals surface area contributed by atoms with Crippen LogP contribution in [-0.2, 0) is 22.8 Å². The van der Waals surface area contributed by atoms with E-state index in [4.69, 9.17) is 0 Å². The van der Waals surface area contributed by atoms with E-state index in [9.17, 15) is 22.4 Å². The van der Waals surface area contributed by atoms with Gasteiger partial charge in [-0.05, 0) is 59.4 Å². The number of aromatic nitrogens is 2. The molecule has 154 valence electrons. The van der Waals surface area contributed by atoms with Crippen molar-refractivity contribution in [3.05, 3.63) is 77.6 Å². The maximum absolute atomic E-state index is 13.7. The third-order valence-electron chi connectivity index (χ3n) is 5.55. The third-order valence-corrected chi connectivity index (χ3v) is 5.55. The molecule has 3 aromatic rings. The zero-order valence-electron chi connectivity index (χ0n) is 15.9. The second-order valence-electron chi connectivity index (χ2n) is 7.27. The van der Waals surface area contributed by atoms with Crippen LogP contribution in [0.5, 0.6) is 0 Å². The summed E-state index contributed by atoms with van der Waals surface area (Å²) in [4.78, 5) is 20.9. The summed E-state index contributed by atoms with van der Waals surface area (Å²) in [5.74, 6) is -1.51. The van der Waals surface area contributed by atoms with Gasteiger partial charge in [0.1, 0.15) is 12.1 Å². The largest absolute Gasteiger partial charge is 0.419 e. The van der Waals surface area contributed by atoms with E-state index in [0.29, 0.717) is 29.7 Å². The van der Waals surface area contributed by atoms with Crippen LogP contribution < -0.4 is 5.32 Å². The molecule has 1 atom stereocenters. The second-order valence-corrected chi connectivity index (χ2v) is 7.27. The molecule has 1 N–H and O–H groups in total. The van der Waals surface area contributed by atoms with Gasteiger partial charge in [0, 0.05) is 18.1 Å². The monoisotopic (exact) mass is 415 g/mol. The Bertz CT molecular complexity index is 1120. The average molecular weight is 415 g/mol. The van der Waals surface area contributed by atoms with Gasteiger partial charge in [0.05, 0.1) is 11.0 Å². The van der Waals surface area contributed by atoms with Crippen LogP contribution in [0.4, 0.5) is 23.2 Å². The molecule has 0 bridgehead atoms. The van der Waals surface area contributed by atoms with E-state index in [1.807, 2.05) is 6.92 Å². The number of nitrogens with zero attached hydrogens (tertiary/aromatic N) is 2. The van der Waals surface area contributed by atoms with Gasteiger partial charge >= 0.3 is 6.18 Å². The molecule has 0 spiro atoms. The van der Waals surface area contributed by atoms with Crippen molar-refractivity contribution < 1.29 is 22.4 Å². The fraction of sp³-hybridized carbons (Fsp3) is 0.227. The zero-order valence-corrected chi connectivity index (χ0v) is 15.9. The number of nitrogens with one attached hydrogen (secondary N) is 1. The van der Waals surface area contributed by atoms with E-state index in [2.05, 4.69) is 15.3 Å². The molecule has 0 saturated heterocycles. The Labute approximate surface area is 170 Å². The Balaban J connectivity index is 1.81. The average Bonchev–Trinajstić information content (AvgIpc) is 2.99. The lowest BCUT2D eigenvalue weighted by Gasteiger charge is -2.26. The molecule has 1 aromatic heterocycles. The first-order chi connectivity index (χ1) is 14.2. The van der Waals surface area contributed by atoms with Crippen molar-refractivity contribution in [1.29, 1.82) is 0 Å². The standard InChI is InChI=1S/C22H17F4N3O/c1-2-21(9-13-10-27-12-28-11-13)17-8-15(4-6-19(17)29-20(21)30)14-3-5-18(23)16(7-14)22(24,25)26/h3-8,10-12H,2,9H2,1H3,(H,29,30). The van der Waals surface area contributed by atoms with Crippen molar-refractivity contribution in [1.82, 2.24) is 9.97 Å². The van der Waals surface area contributed by atoms with Crippen LogP contribution in [-0.4, -0.2) is 15.9 Å². The predicted octanol–water partition coefficient (Wildman–Crippen LogP) is 5.14. The van der Waals surface area contributed by atoms with Gasteiger partial charge in [-0.25, -0.2) is 14.4 Å². The number of alkyl halides is 3. The molecule has 2 heterocycles. The molecule has 4 nitrogen and oxygen atoms in total. The van der Waals surface area contributed by atoms with Crippen LogP contribution in [0.2, 0.25) is 0 Å². The fourth-order valence-electron chi connectivity index (χ4n) is 3.94. The summed E-state index contributed by atoms with van der Waals surface area (Å²) in [7, 11) is 0. The molecule has 2 aromatic carbocycles. The van der Waals surface area contributed by atoms with Gasteiger partial charge in [-0.1, -0.05) is 19.1 Å². The first-order valence-corrected chi connectivity index (χ1v) is 9.31. The van der Waals surface area contributed by atoms with E-state index < -0.39 is 23.0 Å². The van der Waals surface area contributed by atoms with Crippen molar-refractivity contribution in [2.45, 2.75) is 31.4 Å². The quantitative estimate of drug-likeness (QED) is 0.600. The number of anilines is 1. The Morgan fingerprint density at radius 1 is 1.03 bits per heavy atom. The summed E-state index contributed by atoms with van der Waals surface area (Å²) >= 11 is 0. The molecule has 0 radical (unpaired) electrons. The van der Waals surface area contributed by atoms with Crippen LogP contribution in [0.1, 0.15) is 30.0 Å². The lowest BCUT2D eigenvalue weighted by molar-refractivity contribution is -0.140. The van der Waals surface area contributed by atoms with Crippen LogP contribution in [0.25, 0.3) is 11.1 Å². The van der Waals surface area contributed by atoms with Gasteiger partial charge in [-0.2, -0.15) is 13.2 Å². The minimum absolute atomic E-state index is 0.184. The number of amides is 1. The second kappa shape index (κ2) is 7.19.